The maximum absolute atomic E-state index is 11.0. The highest BCUT2D eigenvalue weighted by Gasteiger charge is 2.23. The van der Waals surface area contributed by atoms with E-state index in [1.165, 1.54) is 7.11 Å². The van der Waals surface area contributed by atoms with Crippen molar-refractivity contribution in [2.24, 2.45) is 0 Å². The Morgan fingerprint density at radius 2 is 2.33 bits per heavy atom. The lowest BCUT2D eigenvalue weighted by Crippen LogP contribution is -2.21. The second kappa shape index (κ2) is 6.10. The molecule has 98 valence electrons. The summed E-state index contributed by atoms with van der Waals surface area (Å²) in [7, 11) is 1.26. The van der Waals surface area contributed by atoms with Gasteiger partial charge >= 0.3 is 11.7 Å². The summed E-state index contributed by atoms with van der Waals surface area (Å²) < 4.78 is 4.49. The van der Waals surface area contributed by atoms with E-state index in [1.54, 1.807) is 6.92 Å². The summed E-state index contributed by atoms with van der Waals surface area (Å²) in [5.74, 6) is -0.464. The predicted octanol–water partition coefficient (Wildman–Crippen LogP) is 1.40. The fourth-order valence-electron chi connectivity index (χ4n) is 1.24. The number of hydrogen-bond acceptors (Lipinski definition) is 7. The van der Waals surface area contributed by atoms with Gasteiger partial charge in [-0.2, -0.15) is 0 Å². The van der Waals surface area contributed by atoms with Gasteiger partial charge in [-0.1, -0.05) is 11.6 Å². The third-order valence-corrected chi connectivity index (χ3v) is 2.32. The molecule has 0 radical (unpaired) electrons. The Kier molecular flexibility index (Phi) is 4.78. The van der Waals surface area contributed by atoms with Crippen LogP contribution in [0.15, 0.2) is 6.33 Å². The quantitative estimate of drug-likeness (QED) is 0.374. The number of nitro groups is 1. The number of anilines is 1. The number of esters is 1. The molecule has 0 fully saturated rings. The van der Waals surface area contributed by atoms with Gasteiger partial charge in [-0.05, 0) is 6.92 Å². The number of hydrogen-bond donors (Lipinski definition) is 1. The van der Waals surface area contributed by atoms with Crippen molar-refractivity contribution in [1.82, 2.24) is 9.97 Å². The third kappa shape index (κ3) is 3.52. The van der Waals surface area contributed by atoms with Crippen molar-refractivity contribution in [3.63, 3.8) is 0 Å². The van der Waals surface area contributed by atoms with Crippen LogP contribution in [-0.4, -0.2) is 34.0 Å². The number of aromatic nitrogens is 2. The molecular weight excluding hydrogens is 264 g/mol. The minimum atomic E-state index is -0.685. The molecule has 0 bridgehead atoms. The van der Waals surface area contributed by atoms with Crippen LogP contribution in [0, 0.1) is 10.1 Å². The van der Waals surface area contributed by atoms with Crippen LogP contribution in [0.1, 0.15) is 13.3 Å². The van der Waals surface area contributed by atoms with Gasteiger partial charge in [0, 0.05) is 6.04 Å². The van der Waals surface area contributed by atoms with Crippen LogP contribution in [0.5, 0.6) is 0 Å². The molecule has 1 rings (SSSR count). The average molecular weight is 275 g/mol. The molecule has 18 heavy (non-hydrogen) atoms. The summed E-state index contributed by atoms with van der Waals surface area (Å²) in [6, 6.07) is -0.387. The molecule has 1 unspecified atom stereocenters. The molecule has 0 aliphatic heterocycles. The monoisotopic (exact) mass is 274 g/mol. The number of rotatable bonds is 5. The van der Waals surface area contributed by atoms with Gasteiger partial charge in [0.25, 0.3) is 0 Å². The first-order chi connectivity index (χ1) is 8.45. The van der Waals surface area contributed by atoms with E-state index < -0.39 is 16.6 Å². The lowest BCUT2D eigenvalue weighted by atomic mass is 10.2. The standard InChI is InChI=1S/C9H11ClN4O4/c1-5(3-6(15)18-2)13-9-7(14(16)17)8(10)11-4-12-9/h4-5H,3H2,1-2H3,(H,11,12,13). The van der Waals surface area contributed by atoms with Gasteiger partial charge < -0.3 is 10.1 Å². The van der Waals surface area contributed by atoms with Gasteiger partial charge in [-0.25, -0.2) is 9.97 Å². The van der Waals surface area contributed by atoms with Crippen molar-refractivity contribution < 1.29 is 14.5 Å². The smallest absolute Gasteiger partial charge is 0.348 e. The lowest BCUT2D eigenvalue weighted by molar-refractivity contribution is -0.384. The zero-order valence-corrected chi connectivity index (χ0v) is 10.5. The number of carbonyl (C=O) groups excluding carboxylic acids is 1. The maximum Gasteiger partial charge on any atom is 0.348 e. The van der Waals surface area contributed by atoms with E-state index in [1.807, 2.05) is 0 Å². The predicted molar refractivity (Wildman–Crippen MR) is 63.4 cm³/mol. The fourth-order valence-corrected chi connectivity index (χ4v) is 1.44. The molecule has 0 aliphatic rings. The van der Waals surface area contributed by atoms with Crippen LogP contribution >= 0.6 is 11.6 Å². The fraction of sp³-hybridized carbons (Fsp3) is 0.444. The molecule has 8 nitrogen and oxygen atoms in total. The molecule has 1 aromatic heterocycles. The summed E-state index contributed by atoms with van der Waals surface area (Å²) >= 11 is 5.62. The Bertz CT molecular complexity index is 468. The number of ether oxygens (including phenoxy) is 1. The van der Waals surface area contributed by atoms with Gasteiger partial charge in [0.05, 0.1) is 18.5 Å². The second-order valence-corrected chi connectivity index (χ2v) is 3.80. The molecule has 0 amide bonds. The number of halogens is 1. The van der Waals surface area contributed by atoms with Gasteiger partial charge in [0.2, 0.25) is 11.0 Å². The van der Waals surface area contributed by atoms with E-state index in [-0.39, 0.29) is 23.4 Å². The number of nitrogens with one attached hydrogen (secondary N) is 1. The van der Waals surface area contributed by atoms with E-state index in [0.29, 0.717) is 0 Å². The Balaban J connectivity index is 2.87. The first-order valence-corrected chi connectivity index (χ1v) is 5.31. The minimum Gasteiger partial charge on any atom is -0.469 e. The normalized spacial score (nSPS) is 11.7. The average Bonchev–Trinajstić information content (AvgIpc) is 2.28. The first-order valence-electron chi connectivity index (χ1n) is 4.94. The van der Waals surface area contributed by atoms with Crippen LogP contribution in [0.4, 0.5) is 11.5 Å². The first kappa shape index (κ1) is 14.1. The van der Waals surface area contributed by atoms with Crippen molar-refractivity contribution in [3.8, 4) is 0 Å². The van der Waals surface area contributed by atoms with E-state index in [2.05, 4.69) is 20.0 Å². The molecule has 0 aromatic carbocycles. The highest BCUT2D eigenvalue weighted by molar-refractivity contribution is 6.31. The van der Waals surface area contributed by atoms with Crippen LogP contribution in [0.25, 0.3) is 0 Å². The topological polar surface area (TPSA) is 107 Å². The van der Waals surface area contributed by atoms with Gasteiger partial charge in [0.1, 0.15) is 6.33 Å². The Morgan fingerprint density at radius 1 is 1.67 bits per heavy atom. The van der Waals surface area contributed by atoms with Crippen LogP contribution in [0.2, 0.25) is 5.15 Å². The Hall–Kier alpha value is -1.96. The van der Waals surface area contributed by atoms with Crippen LogP contribution in [0.3, 0.4) is 0 Å². The van der Waals surface area contributed by atoms with Gasteiger partial charge in [0.15, 0.2) is 0 Å². The van der Waals surface area contributed by atoms with E-state index in [4.69, 9.17) is 11.6 Å². The largest absolute Gasteiger partial charge is 0.469 e. The van der Waals surface area contributed by atoms with Crippen molar-refractivity contribution in [2.45, 2.75) is 19.4 Å². The van der Waals surface area contributed by atoms with Gasteiger partial charge in [-0.3, -0.25) is 14.9 Å². The van der Waals surface area contributed by atoms with E-state index >= 15 is 0 Å². The Labute approximate surface area is 107 Å². The lowest BCUT2D eigenvalue weighted by Gasteiger charge is -2.12. The molecule has 9 heteroatoms. The second-order valence-electron chi connectivity index (χ2n) is 3.44. The minimum absolute atomic E-state index is 0.0311. The summed E-state index contributed by atoms with van der Waals surface area (Å²) in [6.45, 7) is 1.66. The summed E-state index contributed by atoms with van der Waals surface area (Å²) in [4.78, 5) is 28.4. The van der Waals surface area contributed by atoms with Crippen LogP contribution < -0.4 is 5.32 Å². The highest BCUT2D eigenvalue weighted by Crippen LogP contribution is 2.28. The maximum atomic E-state index is 11.0. The molecule has 0 aliphatic carbocycles. The van der Waals surface area contributed by atoms with Crippen molar-refractivity contribution >= 4 is 29.1 Å². The number of carbonyl (C=O) groups is 1. The molecule has 1 aromatic rings. The highest BCUT2D eigenvalue weighted by atomic mass is 35.5. The summed E-state index contributed by atoms with van der Waals surface area (Å²) in [6.07, 6.45) is 1.15. The van der Waals surface area contributed by atoms with Crippen molar-refractivity contribution in [1.29, 1.82) is 0 Å². The number of methoxy groups -OCH3 is 1. The molecule has 1 heterocycles. The molecule has 0 saturated heterocycles. The van der Waals surface area contributed by atoms with Crippen molar-refractivity contribution in [2.75, 3.05) is 12.4 Å². The zero-order valence-electron chi connectivity index (χ0n) is 9.71. The van der Waals surface area contributed by atoms with Crippen LogP contribution in [-0.2, 0) is 9.53 Å². The molecule has 1 atom stereocenters. The third-order valence-electron chi connectivity index (χ3n) is 2.04. The molecular formula is C9H11ClN4O4. The van der Waals surface area contributed by atoms with E-state index in [0.717, 1.165) is 6.33 Å². The summed E-state index contributed by atoms with van der Waals surface area (Å²) in [5.41, 5.74) is -0.420. The van der Waals surface area contributed by atoms with Crippen molar-refractivity contribution in [3.05, 3.63) is 21.6 Å². The number of nitrogens with zero attached hydrogens (tertiary/aromatic N) is 3. The SMILES string of the molecule is COC(=O)CC(C)Nc1ncnc(Cl)c1[N+](=O)[O-]. The molecule has 0 saturated carbocycles. The Morgan fingerprint density at radius 3 is 2.89 bits per heavy atom. The molecule has 0 spiro atoms. The zero-order chi connectivity index (χ0) is 13.7. The van der Waals surface area contributed by atoms with E-state index in [9.17, 15) is 14.9 Å². The summed E-state index contributed by atoms with van der Waals surface area (Å²) in [5, 5.41) is 13.3. The van der Waals surface area contributed by atoms with Gasteiger partial charge in [-0.15, -0.1) is 0 Å². The molecule has 1 N–H and O–H groups in total.